The Balaban J connectivity index is 2.16. The molecule has 2 rings (SSSR count). The van der Waals surface area contributed by atoms with Crippen molar-refractivity contribution in [2.24, 2.45) is 0 Å². The molecule has 70 valence electrons. The zero-order valence-electron chi connectivity index (χ0n) is 7.06. The van der Waals surface area contributed by atoms with E-state index in [-0.39, 0.29) is 5.89 Å². The number of carboxylic acids is 1. The lowest BCUT2D eigenvalue weighted by Crippen LogP contribution is -1.98. The molecule has 5 heteroatoms. The molecule has 1 aliphatic rings. The van der Waals surface area contributed by atoms with Crippen LogP contribution in [0.5, 0.6) is 0 Å². The molecule has 1 aromatic heterocycles. The predicted octanol–water partition coefficient (Wildman–Crippen LogP) is 1.43. The highest BCUT2D eigenvalue weighted by Gasteiger charge is 2.23. The standard InChI is InChI=1S/C8H10N2O3/c11-8(12)7-9-6(10-13-7)5-3-1-2-4-5/h5H,1-4H2,(H,11,12). The SMILES string of the molecule is O=C(O)c1nc(C2CCCC2)no1. The summed E-state index contributed by atoms with van der Waals surface area (Å²) < 4.78 is 4.58. The van der Waals surface area contributed by atoms with Crippen LogP contribution in [0.4, 0.5) is 0 Å². The average Bonchev–Trinajstić information content (AvgIpc) is 2.75. The maximum atomic E-state index is 10.4. The van der Waals surface area contributed by atoms with Crippen molar-refractivity contribution >= 4 is 5.97 Å². The molecule has 1 aliphatic carbocycles. The van der Waals surface area contributed by atoms with Crippen LogP contribution in [0.2, 0.25) is 0 Å². The first-order valence-electron chi connectivity index (χ1n) is 4.34. The number of hydrogen-bond acceptors (Lipinski definition) is 4. The van der Waals surface area contributed by atoms with Gasteiger partial charge in [-0.25, -0.2) is 4.79 Å². The quantitative estimate of drug-likeness (QED) is 0.748. The Kier molecular flexibility index (Phi) is 2.00. The maximum Gasteiger partial charge on any atom is 0.394 e. The zero-order chi connectivity index (χ0) is 9.26. The van der Waals surface area contributed by atoms with Crippen LogP contribution in [-0.2, 0) is 0 Å². The van der Waals surface area contributed by atoms with Gasteiger partial charge < -0.3 is 9.63 Å². The summed E-state index contributed by atoms with van der Waals surface area (Å²) in [6.45, 7) is 0. The molecule has 5 nitrogen and oxygen atoms in total. The molecule has 1 aromatic rings. The lowest BCUT2D eigenvalue weighted by molar-refractivity contribution is 0.0643. The van der Waals surface area contributed by atoms with Gasteiger partial charge in [0, 0.05) is 5.92 Å². The van der Waals surface area contributed by atoms with Crippen LogP contribution < -0.4 is 0 Å². The van der Waals surface area contributed by atoms with Gasteiger partial charge in [0.15, 0.2) is 5.82 Å². The third-order valence-corrected chi connectivity index (χ3v) is 2.35. The Bertz CT molecular complexity index is 315. The van der Waals surface area contributed by atoms with Crippen LogP contribution in [0.1, 0.15) is 48.1 Å². The number of aromatic carboxylic acids is 1. The Labute approximate surface area is 74.8 Å². The van der Waals surface area contributed by atoms with E-state index in [1.165, 1.54) is 12.8 Å². The van der Waals surface area contributed by atoms with E-state index in [2.05, 4.69) is 14.7 Å². The molecule has 0 aromatic carbocycles. The second-order valence-electron chi connectivity index (χ2n) is 3.24. The van der Waals surface area contributed by atoms with Gasteiger partial charge in [-0.05, 0) is 12.8 Å². The molecule has 0 unspecified atom stereocenters. The van der Waals surface area contributed by atoms with Gasteiger partial charge >= 0.3 is 11.9 Å². The topological polar surface area (TPSA) is 76.2 Å². The van der Waals surface area contributed by atoms with Gasteiger partial charge in [-0.3, -0.25) is 0 Å². The zero-order valence-corrected chi connectivity index (χ0v) is 7.06. The van der Waals surface area contributed by atoms with Gasteiger partial charge in [-0.15, -0.1) is 0 Å². The molecule has 0 amide bonds. The van der Waals surface area contributed by atoms with Gasteiger partial charge in [0.2, 0.25) is 0 Å². The highest BCUT2D eigenvalue weighted by molar-refractivity contribution is 5.81. The van der Waals surface area contributed by atoms with Crippen molar-refractivity contribution < 1.29 is 14.4 Å². The average molecular weight is 182 g/mol. The first-order valence-corrected chi connectivity index (χ1v) is 4.34. The summed E-state index contributed by atoms with van der Waals surface area (Å²) in [5, 5.41) is 12.2. The van der Waals surface area contributed by atoms with Crippen molar-refractivity contribution in [1.82, 2.24) is 10.1 Å². The third kappa shape index (κ3) is 1.54. The number of rotatable bonds is 2. The second-order valence-corrected chi connectivity index (χ2v) is 3.24. The number of carbonyl (C=O) groups is 1. The van der Waals surface area contributed by atoms with Crippen LogP contribution in [0, 0.1) is 0 Å². The molecule has 0 radical (unpaired) electrons. The van der Waals surface area contributed by atoms with Crippen molar-refractivity contribution in [3.05, 3.63) is 11.7 Å². The number of hydrogen-bond donors (Lipinski definition) is 1. The summed E-state index contributed by atoms with van der Waals surface area (Å²) in [7, 11) is 0. The molecule has 0 bridgehead atoms. The van der Waals surface area contributed by atoms with Gasteiger partial charge in [0.1, 0.15) is 0 Å². The number of aromatic nitrogens is 2. The van der Waals surface area contributed by atoms with E-state index >= 15 is 0 Å². The van der Waals surface area contributed by atoms with Gasteiger partial charge in [-0.2, -0.15) is 4.98 Å². The Hall–Kier alpha value is -1.39. The first kappa shape index (κ1) is 8.22. The molecule has 0 aliphatic heterocycles. The summed E-state index contributed by atoms with van der Waals surface area (Å²) in [5.74, 6) is -0.606. The van der Waals surface area contributed by atoms with Crippen molar-refractivity contribution in [2.45, 2.75) is 31.6 Å². The van der Waals surface area contributed by atoms with E-state index < -0.39 is 5.97 Å². The van der Waals surface area contributed by atoms with Crippen LogP contribution in [0.15, 0.2) is 4.52 Å². The molecular weight excluding hydrogens is 172 g/mol. The normalized spacial score (nSPS) is 17.8. The summed E-state index contributed by atoms with van der Waals surface area (Å²) in [6, 6.07) is 0. The van der Waals surface area contributed by atoms with Crippen LogP contribution in [-0.4, -0.2) is 21.2 Å². The smallest absolute Gasteiger partial charge is 0.394 e. The van der Waals surface area contributed by atoms with E-state index in [9.17, 15) is 4.79 Å². The third-order valence-electron chi connectivity index (χ3n) is 2.35. The van der Waals surface area contributed by atoms with Crippen LogP contribution in [0.3, 0.4) is 0 Å². The largest absolute Gasteiger partial charge is 0.474 e. The number of carboxylic acid groups (broad SMARTS) is 1. The second kappa shape index (κ2) is 3.16. The lowest BCUT2D eigenvalue weighted by Gasteiger charge is -1.98. The molecular formula is C8H10N2O3. The monoisotopic (exact) mass is 182 g/mol. The number of nitrogens with zero attached hydrogens (tertiary/aromatic N) is 2. The van der Waals surface area contributed by atoms with E-state index in [4.69, 9.17) is 5.11 Å². The molecule has 1 saturated carbocycles. The van der Waals surface area contributed by atoms with Crippen molar-refractivity contribution in [2.75, 3.05) is 0 Å². The van der Waals surface area contributed by atoms with Gasteiger partial charge in [-0.1, -0.05) is 18.0 Å². The Morgan fingerprint density at radius 3 is 2.69 bits per heavy atom. The molecule has 1 heterocycles. The highest BCUT2D eigenvalue weighted by Crippen LogP contribution is 2.32. The maximum absolute atomic E-state index is 10.4. The van der Waals surface area contributed by atoms with Crippen LogP contribution >= 0.6 is 0 Å². The minimum Gasteiger partial charge on any atom is -0.474 e. The summed E-state index contributed by atoms with van der Waals surface area (Å²) in [5.41, 5.74) is 0. The molecule has 13 heavy (non-hydrogen) atoms. The fraction of sp³-hybridized carbons (Fsp3) is 0.625. The minimum absolute atomic E-state index is 0.303. The van der Waals surface area contributed by atoms with E-state index in [1.54, 1.807) is 0 Å². The molecule has 1 fully saturated rings. The van der Waals surface area contributed by atoms with Crippen molar-refractivity contribution in [3.8, 4) is 0 Å². The van der Waals surface area contributed by atoms with Crippen molar-refractivity contribution in [1.29, 1.82) is 0 Å². The predicted molar refractivity (Wildman–Crippen MR) is 42.5 cm³/mol. The summed E-state index contributed by atoms with van der Waals surface area (Å²) in [4.78, 5) is 14.2. The fourth-order valence-corrected chi connectivity index (χ4v) is 1.67. The van der Waals surface area contributed by atoms with Gasteiger partial charge in [0.05, 0.1) is 0 Å². The van der Waals surface area contributed by atoms with Crippen LogP contribution in [0.25, 0.3) is 0 Å². The van der Waals surface area contributed by atoms with E-state index in [1.807, 2.05) is 0 Å². The first-order chi connectivity index (χ1) is 6.27. The minimum atomic E-state index is -1.16. The molecule has 0 saturated heterocycles. The van der Waals surface area contributed by atoms with E-state index in [0.29, 0.717) is 11.7 Å². The lowest BCUT2D eigenvalue weighted by atomic mass is 10.1. The molecule has 0 atom stereocenters. The van der Waals surface area contributed by atoms with Gasteiger partial charge in [0.25, 0.3) is 0 Å². The Morgan fingerprint density at radius 1 is 1.46 bits per heavy atom. The Morgan fingerprint density at radius 2 is 2.15 bits per heavy atom. The summed E-state index contributed by atoms with van der Waals surface area (Å²) >= 11 is 0. The molecule has 0 spiro atoms. The summed E-state index contributed by atoms with van der Waals surface area (Å²) in [6.07, 6.45) is 4.42. The van der Waals surface area contributed by atoms with E-state index in [0.717, 1.165) is 12.8 Å². The van der Waals surface area contributed by atoms with Crippen molar-refractivity contribution in [3.63, 3.8) is 0 Å². The highest BCUT2D eigenvalue weighted by atomic mass is 16.5. The fourth-order valence-electron chi connectivity index (χ4n) is 1.67. The molecule has 1 N–H and O–H groups in total.